The first-order chi connectivity index (χ1) is 13.5. The normalized spacial score (nSPS) is 10.4. The molecule has 1 heterocycles. The van der Waals surface area contributed by atoms with Crippen LogP contribution in [-0.4, -0.2) is 23.5 Å². The standard InChI is InChI=1S/C21H21N3O3S/c1-4-27-20(26)17-18(23-19(25)15-8-6-5-7-9-15)24-21(28-17)22-16-11-10-13(2)14(3)12-16/h5-12H,4H2,1-3H3,(H,22,24)(H,23,25). The summed E-state index contributed by atoms with van der Waals surface area (Å²) >= 11 is 1.14. The summed E-state index contributed by atoms with van der Waals surface area (Å²) in [5, 5.41) is 6.40. The number of amides is 1. The Hall–Kier alpha value is -3.19. The molecule has 1 aromatic heterocycles. The van der Waals surface area contributed by atoms with Gasteiger partial charge in [0.1, 0.15) is 0 Å². The molecule has 144 valence electrons. The minimum atomic E-state index is -0.517. The van der Waals surface area contributed by atoms with Crippen molar-refractivity contribution in [1.82, 2.24) is 4.98 Å². The van der Waals surface area contributed by atoms with Crippen LogP contribution in [0, 0.1) is 13.8 Å². The number of carbonyl (C=O) groups excluding carboxylic acids is 2. The van der Waals surface area contributed by atoms with Crippen LogP contribution in [0.2, 0.25) is 0 Å². The van der Waals surface area contributed by atoms with Gasteiger partial charge < -0.3 is 15.4 Å². The average molecular weight is 395 g/mol. The molecule has 28 heavy (non-hydrogen) atoms. The van der Waals surface area contributed by atoms with Crippen LogP contribution < -0.4 is 10.6 Å². The van der Waals surface area contributed by atoms with Crippen LogP contribution in [-0.2, 0) is 4.74 Å². The molecule has 0 saturated heterocycles. The van der Waals surface area contributed by atoms with E-state index in [9.17, 15) is 9.59 Å². The van der Waals surface area contributed by atoms with E-state index in [1.807, 2.05) is 38.1 Å². The third kappa shape index (κ3) is 4.55. The molecule has 7 heteroatoms. The van der Waals surface area contributed by atoms with Crippen LogP contribution in [0.4, 0.5) is 16.6 Å². The molecule has 0 aliphatic rings. The minimum Gasteiger partial charge on any atom is -0.462 e. The summed E-state index contributed by atoms with van der Waals surface area (Å²) in [6.45, 7) is 6.04. The van der Waals surface area contributed by atoms with E-state index in [0.29, 0.717) is 10.7 Å². The number of nitrogens with zero attached hydrogens (tertiary/aromatic N) is 1. The summed E-state index contributed by atoms with van der Waals surface area (Å²) in [6, 6.07) is 14.7. The summed E-state index contributed by atoms with van der Waals surface area (Å²) in [5.41, 5.74) is 3.67. The van der Waals surface area contributed by atoms with Crippen molar-refractivity contribution in [3.63, 3.8) is 0 Å². The van der Waals surface area contributed by atoms with Crippen LogP contribution >= 0.6 is 11.3 Å². The highest BCUT2D eigenvalue weighted by molar-refractivity contribution is 7.18. The molecule has 1 amide bonds. The molecule has 0 aliphatic carbocycles. The second kappa shape index (κ2) is 8.67. The number of aromatic nitrogens is 1. The quantitative estimate of drug-likeness (QED) is 0.578. The van der Waals surface area contributed by atoms with Gasteiger partial charge in [-0.1, -0.05) is 35.6 Å². The molecule has 2 aromatic carbocycles. The van der Waals surface area contributed by atoms with E-state index in [0.717, 1.165) is 22.6 Å². The second-order valence-electron chi connectivity index (χ2n) is 6.16. The third-order valence-corrected chi connectivity index (χ3v) is 5.06. The highest BCUT2D eigenvalue weighted by Gasteiger charge is 2.21. The zero-order valence-corrected chi connectivity index (χ0v) is 16.7. The fourth-order valence-electron chi connectivity index (χ4n) is 2.51. The lowest BCUT2D eigenvalue weighted by molar-refractivity contribution is 0.0533. The average Bonchev–Trinajstić information content (AvgIpc) is 3.08. The lowest BCUT2D eigenvalue weighted by atomic mass is 10.1. The monoisotopic (exact) mass is 395 g/mol. The van der Waals surface area contributed by atoms with Gasteiger partial charge in [-0.3, -0.25) is 4.79 Å². The maximum absolute atomic E-state index is 12.5. The van der Waals surface area contributed by atoms with Gasteiger partial charge in [-0.2, -0.15) is 0 Å². The van der Waals surface area contributed by atoms with E-state index in [2.05, 4.69) is 15.6 Å². The van der Waals surface area contributed by atoms with E-state index in [1.54, 1.807) is 31.2 Å². The molecule has 3 rings (SSSR count). The Balaban J connectivity index is 1.88. The Labute approximate surface area is 167 Å². The summed E-state index contributed by atoms with van der Waals surface area (Å²) in [5.74, 6) is -0.672. The first-order valence-electron chi connectivity index (χ1n) is 8.86. The number of thiazole rings is 1. The number of benzene rings is 2. The predicted octanol–water partition coefficient (Wildman–Crippen LogP) is 4.93. The van der Waals surface area contributed by atoms with Crippen molar-refractivity contribution < 1.29 is 14.3 Å². The number of hydrogen-bond acceptors (Lipinski definition) is 6. The van der Waals surface area contributed by atoms with Crippen molar-refractivity contribution >= 4 is 39.9 Å². The number of nitrogens with one attached hydrogen (secondary N) is 2. The fourth-order valence-corrected chi connectivity index (χ4v) is 3.34. The van der Waals surface area contributed by atoms with Crippen molar-refractivity contribution in [3.05, 3.63) is 70.1 Å². The smallest absolute Gasteiger partial charge is 0.352 e. The number of aryl methyl sites for hydroxylation is 2. The van der Waals surface area contributed by atoms with Crippen molar-refractivity contribution in [2.45, 2.75) is 20.8 Å². The van der Waals surface area contributed by atoms with Gasteiger partial charge in [-0.05, 0) is 56.2 Å². The third-order valence-electron chi connectivity index (χ3n) is 4.11. The Morgan fingerprint density at radius 1 is 1.07 bits per heavy atom. The highest BCUT2D eigenvalue weighted by atomic mass is 32.1. The minimum absolute atomic E-state index is 0.184. The number of anilines is 3. The summed E-state index contributed by atoms with van der Waals surface area (Å²) in [6.07, 6.45) is 0. The molecule has 3 aromatic rings. The number of rotatable bonds is 6. The number of carbonyl (C=O) groups is 2. The Bertz CT molecular complexity index is 999. The van der Waals surface area contributed by atoms with Gasteiger partial charge >= 0.3 is 5.97 Å². The molecule has 0 atom stereocenters. The van der Waals surface area contributed by atoms with Crippen LogP contribution in [0.5, 0.6) is 0 Å². The van der Waals surface area contributed by atoms with Crippen molar-refractivity contribution in [2.75, 3.05) is 17.2 Å². The molecular formula is C21H21N3O3S. The number of hydrogen-bond donors (Lipinski definition) is 2. The molecule has 0 radical (unpaired) electrons. The van der Waals surface area contributed by atoms with E-state index in [1.165, 1.54) is 5.56 Å². The van der Waals surface area contributed by atoms with E-state index in [4.69, 9.17) is 4.74 Å². The lowest BCUT2D eigenvalue weighted by Gasteiger charge is -2.06. The largest absolute Gasteiger partial charge is 0.462 e. The Kier molecular flexibility index (Phi) is 6.06. The lowest BCUT2D eigenvalue weighted by Crippen LogP contribution is -2.15. The molecule has 0 saturated carbocycles. The highest BCUT2D eigenvalue weighted by Crippen LogP contribution is 2.31. The maximum atomic E-state index is 12.5. The SMILES string of the molecule is CCOC(=O)c1sc(Nc2ccc(C)c(C)c2)nc1NC(=O)c1ccccc1. The molecular weight excluding hydrogens is 374 g/mol. The molecule has 0 aliphatic heterocycles. The number of esters is 1. The van der Waals surface area contributed by atoms with Crippen molar-refractivity contribution in [2.24, 2.45) is 0 Å². The van der Waals surface area contributed by atoms with E-state index >= 15 is 0 Å². The zero-order chi connectivity index (χ0) is 20.1. The molecule has 0 bridgehead atoms. The van der Waals surface area contributed by atoms with Gasteiger partial charge in [0.05, 0.1) is 6.61 Å². The first kappa shape index (κ1) is 19.6. The van der Waals surface area contributed by atoms with Gasteiger partial charge in [0, 0.05) is 11.3 Å². The number of ether oxygens (including phenoxy) is 1. The summed E-state index contributed by atoms with van der Waals surface area (Å²) in [7, 11) is 0. The molecule has 6 nitrogen and oxygen atoms in total. The van der Waals surface area contributed by atoms with Gasteiger partial charge in [0.15, 0.2) is 15.8 Å². The summed E-state index contributed by atoms with van der Waals surface area (Å²) in [4.78, 5) is 29.4. The zero-order valence-electron chi connectivity index (χ0n) is 15.9. The molecule has 2 N–H and O–H groups in total. The van der Waals surface area contributed by atoms with Crippen molar-refractivity contribution in [3.8, 4) is 0 Å². The molecule has 0 fully saturated rings. The van der Waals surface area contributed by atoms with E-state index in [-0.39, 0.29) is 23.2 Å². The summed E-state index contributed by atoms with van der Waals surface area (Å²) < 4.78 is 5.11. The van der Waals surface area contributed by atoms with Crippen LogP contribution in [0.3, 0.4) is 0 Å². The van der Waals surface area contributed by atoms with Crippen molar-refractivity contribution in [1.29, 1.82) is 0 Å². The topological polar surface area (TPSA) is 80.3 Å². The van der Waals surface area contributed by atoms with Crippen LogP contribution in [0.25, 0.3) is 0 Å². The second-order valence-corrected chi connectivity index (χ2v) is 7.16. The van der Waals surface area contributed by atoms with Crippen LogP contribution in [0.1, 0.15) is 38.1 Å². The molecule has 0 unspecified atom stereocenters. The van der Waals surface area contributed by atoms with Crippen LogP contribution in [0.15, 0.2) is 48.5 Å². The van der Waals surface area contributed by atoms with Gasteiger partial charge in [0.2, 0.25) is 0 Å². The van der Waals surface area contributed by atoms with Gasteiger partial charge in [-0.15, -0.1) is 0 Å². The van der Waals surface area contributed by atoms with E-state index < -0.39 is 5.97 Å². The Morgan fingerprint density at radius 2 is 1.82 bits per heavy atom. The first-order valence-corrected chi connectivity index (χ1v) is 9.68. The Morgan fingerprint density at radius 3 is 2.50 bits per heavy atom. The van der Waals surface area contributed by atoms with Gasteiger partial charge in [0.25, 0.3) is 5.91 Å². The van der Waals surface area contributed by atoms with Gasteiger partial charge in [-0.25, -0.2) is 9.78 Å². The predicted molar refractivity (Wildman–Crippen MR) is 112 cm³/mol. The maximum Gasteiger partial charge on any atom is 0.352 e. The fraction of sp³-hybridized carbons (Fsp3) is 0.190. The molecule has 0 spiro atoms.